The van der Waals surface area contributed by atoms with Crippen molar-refractivity contribution in [2.75, 3.05) is 51.2 Å². The molecule has 51 heavy (non-hydrogen) atoms. The smallest absolute Gasteiger partial charge is 0.256 e. The highest BCUT2D eigenvalue weighted by atomic mass is 16.5. The van der Waals surface area contributed by atoms with Crippen LogP contribution in [0.2, 0.25) is 0 Å². The Kier molecular flexibility index (Phi) is 9.95. The molecule has 0 saturated carbocycles. The Morgan fingerprint density at radius 3 is 1.41 bits per heavy atom. The summed E-state index contributed by atoms with van der Waals surface area (Å²) in [5, 5.41) is 6.97. The lowest BCUT2D eigenvalue weighted by Crippen LogP contribution is -2.47. The zero-order valence-electron chi connectivity index (χ0n) is 31.1. The van der Waals surface area contributed by atoms with E-state index in [1.165, 1.54) is 0 Å². The van der Waals surface area contributed by atoms with E-state index in [1.807, 2.05) is 51.3 Å². The maximum atomic E-state index is 13.7. The van der Waals surface area contributed by atoms with Crippen LogP contribution in [0.3, 0.4) is 0 Å². The minimum Gasteiger partial charge on any atom is -0.493 e. The SMILES string of the molecule is C=C1C[C@H]2C(OC(C)(C)C)Nc3cc(OCCCOc4cc5c(cc4OC)C(=O)N4CC(=C)C[C@H]4C(OC(C)(C)C)N5)c(OC)cc3C(=O)N2C1. The monoisotopic (exact) mass is 704 g/mol. The fourth-order valence-corrected chi connectivity index (χ4v) is 7.11. The number of hydrogen-bond acceptors (Lipinski definition) is 10. The molecule has 2 aromatic carbocycles. The van der Waals surface area contributed by atoms with Gasteiger partial charge in [0.25, 0.3) is 11.8 Å². The van der Waals surface area contributed by atoms with E-state index in [1.54, 1.807) is 38.5 Å². The van der Waals surface area contributed by atoms with Crippen LogP contribution in [0.25, 0.3) is 0 Å². The molecule has 4 heterocycles. The lowest BCUT2D eigenvalue weighted by Gasteiger charge is -2.34. The van der Waals surface area contributed by atoms with Crippen molar-refractivity contribution >= 4 is 23.2 Å². The number of methoxy groups -OCH3 is 2. The summed E-state index contributed by atoms with van der Waals surface area (Å²) in [6, 6.07) is 6.68. The standard InChI is InChI=1S/C39H52N4O8/c1-22-14-28-34(50-38(3,4)5)40-26-18-32(30(46-9)16-24(26)36(44)42(28)20-22)48-12-11-13-49-33-19-27-25(17-31(33)47-10)37(45)43-21-23(2)15-29(43)35(41-27)51-39(6,7)8/h16-19,28-29,34-35,40-41H,1-2,11-15,20-21H2,3-10H3/t28-,29-,34?,35?/m0/s1. The molecule has 6 rings (SSSR count). The number of nitrogens with zero attached hydrogens (tertiary/aromatic N) is 2. The van der Waals surface area contributed by atoms with Gasteiger partial charge in [-0.3, -0.25) is 9.59 Å². The van der Waals surface area contributed by atoms with Crippen molar-refractivity contribution in [2.24, 2.45) is 0 Å². The van der Waals surface area contributed by atoms with Crippen LogP contribution in [0, 0.1) is 0 Å². The van der Waals surface area contributed by atoms with Crippen molar-refractivity contribution in [2.45, 2.75) is 96.5 Å². The number of carbonyl (C=O) groups is 2. The van der Waals surface area contributed by atoms with Crippen LogP contribution < -0.4 is 29.6 Å². The number of rotatable bonds is 10. The molecule has 2 N–H and O–H groups in total. The second kappa shape index (κ2) is 14.0. The topological polar surface area (TPSA) is 120 Å². The minimum absolute atomic E-state index is 0.104. The molecule has 0 aromatic heterocycles. The zero-order valence-corrected chi connectivity index (χ0v) is 31.1. The van der Waals surface area contributed by atoms with Gasteiger partial charge in [0.2, 0.25) is 0 Å². The van der Waals surface area contributed by atoms with Gasteiger partial charge in [-0.05, 0) is 66.5 Å². The molecule has 0 spiro atoms. The number of nitrogens with one attached hydrogen (secondary N) is 2. The van der Waals surface area contributed by atoms with E-state index in [9.17, 15) is 9.59 Å². The van der Waals surface area contributed by atoms with E-state index in [4.69, 9.17) is 28.4 Å². The predicted octanol–water partition coefficient (Wildman–Crippen LogP) is 6.23. The van der Waals surface area contributed by atoms with E-state index in [-0.39, 0.29) is 23.9 Å². The van der Waals surface area contributed by atoms with Gasteiger partial charge >= 0.3 is 0 Å². The van der Waals surface area contributed by atoms with Crippen LogP contribution >= 0.6 is 0 Å². The molecule has 0 radical (unpaired) electrons. The normalized spacial score (nSPS) is 23.0. The van der Waals surface area contributed by atoms with Gasteiger partial charge in [0.05, 0.1) is 73.2 Å². The first-order valence-electron chi connectivity index (χ1n) is 17.6. The molecule has 0 aliphatic carbocycles. The van der Waals surface area contributed by atoms with E-state index in [0.29, 0.717) is 91.1 Å². The Balaban J connectivity index is 1.15. The number of hydrogen-bond donors (Lipinski definition) is 2. The van der Waals surface area contributed by atoms with Crippen molar-refractivity contribution in [1.29, 1.82) is 0 Å². The third kappa shape index (κ3) is 7.77. The van der Waals surface area contributed by atoms with Gasteiger partial charge in [-0.25, -0.2) is 0 Å². The number of anilines is 2. The van der Waals surface area contributed by atoms with E-state index in [0.717, 1.165) is 11.1 Å². The van der Waals surface area contributed by atoms with Gasteiger partial charge < -0.3 is 48.9 Å². The van der Waals surface area contributed by atoms with Gasteiger partial charge in [-0.15, -0.1) is 0 Å². The summed E-state index contributed by atoms with van der Waals surface area (Å²) < 4.78 is 36.6. The summed E-state index contributed by atoms with van der Waals surface area (Å²) in [6.07, 6.45) is 0.985. The highest BCUT2D eigenvalue weighted by molar-refractivity contribution is 6.02. The lowest BCUT2D eigenvalue weighted by molar-refractivity contribution is -0.0713. The average Bonchev–Trinajstić information content (AvgIpc) is 3.59. The maximum absolute atomic E-state index is 13.7. The van der Waals surface area contributed by atoms with Crippen molar-refractivity contribution in [3.8, 4) is 23.0 Å². The van der Waals surface area contributed by atoms with Gasteiger partial charge in [0.15, 0.2) is 23.0 Å². The Hall–Kier alpha value is -4.42. The Morgan fingerprint density at radius 1 is 0.667 bits per heavy atom. The Labute approximate surface area is 301 Å². The quantitative estimate of drug-likeness (QED) is 0.218. The van der Waals surface area contributed by atoms with Gasteiger partial charge in [-0.2, -0.15) is 0 Å². The number of amides is 2. The van der Waals surface area contributed by atoms with E-state index in [2.05, 4.69) is 23.8 Å². The van der Waals surface area contributed by atoms with Crippen molar-refractivity contribution in [3.63, 3.8) is 0 Å². The van der Waals surface area contributed by atoms with Crippen LogP contribution in [-0.2, 0) is 9.47 Å². The molecule has 4 aliphatic rings. The van der Waals surface area contributed by atoms with Gasteiger partial charge in [-0.1, -0.05) is 24.3 Å². The number of carbonyl (C=O) groups excluding carboxylic acids is 2. The van der Waals surface area contributed by atoms with Gasteiger partial charge in [0, 0.05) is 31.6 Å². The highest BCUT2D eigenvalue weighted by Crippen LogP contribution is 2.42. The molecule has 12 heteroatoms. The predicted molar refractivity (Wildman–Crippen MR) is 195 cm³/mol. The average molecular weight is 705 g/mol. The molecule has 2 fully saturated rings. The summed E-state index contributed by atoms with van der Waals surface area (Å²) in [4.78, 5) is 31.1. The molecule has 2 aromatic rings. The second-order valence-corrected chi connectivity index (χ2v) is 15.6. The maximum Gasteiger partial charge on any atom is 0.256 e. The van der Waals surface area contributed by atoms with Crippen LogP contribution in [0.15, 0.2) is 48.6 Å². The Bertz CT molecular complexity index is 1590. The number of benzene rings is 2. The molecule has 2 saturated heterocycles. The molecular formula is C39H52N4O8. The van der Waals surface area contributed by atoms with E-state index < -0.39 is 23.7 Å². The third-order valence-corrected chi connectivity index (χ3v) is 9.23. The van der Waals surface area contributed by atoms with Crippen LogP contribution in [-0.4, -0.2) is 97.9 Å². The van der Waals surface area contributed by atoms with Crippen LogP contribution in [0.5, 0.6) is 23.0 Å². The molecule has 0 bridgehead atoms. The third-order valence-electron chi connectivity index (χ3n) is 9.23. The van der Waals surface area contributed by atoms with Crippen molar-refractivity contribution < 1.29 is 38.0 Å². The first-order valence-corrected chi connectivity index (χ1v) is 17.6. The van der Waals surface area contributed by atoms with E-state index >= 15 is 0 Å². The second-order valence-electron chi connectivity index (χ2n) is 15.6. The molecule has 276 valence electrons. The minimum atomic E-state index is -0.438. The summed E-state index contributed by atoms with van der Waals surface area (Å²) in [5.74, 6) is 1.69. The summed E-state index contributed by atoms with van der Waals surface area (Å²) >= 11 is 0. The Morgan fingerprint density at radius 2 is 1.06 bits per heavy atom. The lowest BCUT2D eigenvalue weighted by atomic mass is 10.1. The van der Waals surface area contributed by atoms with Crippen molar-refractivity contribution in [3.05, 3.63) is 59.7 Å². The van der Waals surface area contributed by atoms with Crippen molar-refractivity contribution in [1.82, 2.24) is 9.80 Å². The fourth-order valence-electron chi connectivity index (χ4n) is 7.11. The molecular weight excluding hydrogens is 652 g/mol. The first-order chi connectivity index (χ1) is 24.0. The summed E-state index contributed by atoms with van der Waals surface area (Å²) in [5.41, 5.74) is 3.34. The largest absolute Gasteiger partial charge is 0.493 e. The summed E-state index contributed by atoms with van der Waals surface area (Å²) in [7, 11) is 3.11. The molecule has 2 amide bonds. The number of fused-ring (bicyclic) bond motifs is 4. The molecule has 2 unspecified atom stereocenters. The summed E-state index contributed by atoms with van der Waals surface area (Å²) in [6.45, 7) is 21.9. The molecule has 4 atom stereocenters. The van der Waals surface area contributed by atoms with Crippen LogP contribution in [0.4, 0.5) is 11.4 Å². The highest BCUT2D eigenvalue weighted by Gasteiger charge is 2.44. The molecule has 12 nitrogen and oxygen atoms in total. The molecule has 4 aliphatic heterocycles. The number of ether oxygens (including phenoxy) is 6. The zero-order chi connectivity index (χ0) is 36.8. The fraction of sp³-hybridized carbons (Fsp3) is 0.538. The van der Waals surface area contributed by atoms with Gasteiger partial charge in [0.1, 0.15) is 12.5 Å². The first kappa shape index (κ1) is 36.4. The van der Waals surface area contributed by atoms with Crippen LogP contribution in [0.1, 0.15) is 81.5 Å².